The van der Waals surface area contributed by atoms with E-state index in [1.807, 2.05) is 85.8 Å². The van der Waals surface area contributed by atoms with Gasteiger partial charge < -0.3 is 0 Å². The van der Waals surface area contributed by atoms with Crippen molar-refractivity contribution in [3.05, 3.63) is 260 Å². The summed E-state index contributed by atoms with van der Waals surface area (Å²) in [7, 11) is 0. The van der Waals surface area contributed by atoms with Crippen molar-refractivity contribution in [2.75, 3.05) is 0 Å². The van der Waals surface area contributed by atoms with Gasteiger partial charge in [0.05, 0.1) is 40.9 Å². The van der Waals surface area contributed by atoms with Gasteiger partial charge >= 0.3 is 0 Å². The number of rotatable bonds is 11. The molecule has 7 heteroatoms. The summed E-state index contributed by atoms with van der Waals surface area (Å²) in [6, 6.07) is 70.3. The molecule has 12 rings (SSSR count). The summed E-state index contributed by atoms with van der Waals surface area (Å²) >= 11 is 0. The van der Waals surface area contributed by atoms with Crippen LogP contribution in [0.1, 0.15) is 16.7 Å². The zero-order valence-corrected chi connectivity index (χ0v) is 40.7. The molecule has 7 aromatic carbocycles. The number of aromatic nitrogens is 7. The van der Waals surface area contributed by atoms with Gasteiger partial charge in [0.2, 0.25) is 0 Å². The minimum absolute atomic E-state index is 0.790. The molecule has 0 atom stereocenters. The number of imidazole rings is 2. The molecule has 0 radical (unpaired) electrons. The summed E-state index contributed by atoms with van der Waals surface area (Å²) in [6.45, 7) is 6.44. The van der Waals surface area contributed by atoms with E-state index in [0.717, 1.165) is 118 Å². The predicted octanol–water partition coefficient (Wildman–Crippen LogP) is 16.2. The van der Waals surface area contributed by atoms with E-state index in [-0.39, 0.29) is 0 Å². The highest BCUT2D eigenvalue weighted by Gasteiger charge is 2.20. The maximum absolute atomic E-state index is 5.15. The second kappa shape index (κ2) is 19.3. The van der Waals surface area contributed by atoms with Gasteiger partial charge in [-0.3, -0.25) is 24.1 Å². The summed E-state index contributed by atoms with van der Waals surface area (Å²) in [5.41, 5.74) is 22.0. The Hall–Kier alpha value is -9.59. The lowest BCUT2D eigenvalue weighted by molar-refractivity contribution is 1.03. The van der Waals surface area contributed by atoms with Crippen molar-refractivity contribution in [3.63, 3.8) is 0 Å². The van der Waals surface area contributed by atoms with E-state index in [1.54, 1.807) is 0 Å². The first kappa shape index (κ1) is 44.6. The molecule has 0 saturated carbocycles. The minimum atomic E-state index is 0.790. The highest BCUT2D eigenvalue weighted by Crippen LogP contribution is 2.40. The van der Waals surface area contributed by atoms with Crippen LogP contribution in [0.3, 0.4) is 0 Å². The van der Waals surface area contributed by atoms with Crippen LogP contribution in [0.25, 0.3) is 112 Å². The van der Waals surface area contributed by atoms with Crippen molar-refractivity contribution in [2.45, 2.75) is 20.8 Å². The van der Waals surface area contributed by atoms with Crippen LogP contribution < -0.4 is 0 Å². The predicted molar refractivity (Wildman–Crippen MR) is 297 cm³/mol. The van der Waals surface area contributed by atoms with Crippen LogP contribution in [-0.4, -0.2) is 34.1 Å². The normalized spacial score (nSPS) is 11.2. The zero-order chi connectivity index (χ0) is 49.3. The van der Waals surface area contributed by atoms with E-state index in [9.17, 15) is 0 Å². The molecule has 0 aliphatic carbocycles. The first-order valence-electron chi connectivity index (χ1n) is 24.5. The van der Waals surface area contributed by atoms with Gasteiger partial charge in [0.25, 0.3) is 0 Å². The monoisotopic (exact) mass is 939 g/mol. The minimum Gasteiger partial charge on any atom is -0.298 e. The molecule has 0 fully saturated rings. The Kier molecular flexibility index (Phi) is 11.8. The van der Waals surface area contributed by atoms with E-state index < -0.39 is 0 Å². The lowest BCUT2D eigenvalue weighted by Crippen LogP contribution is -2.03. The summed E-state index contributed by atoms with van der Waals surface area (Å²) in [6.07, 6.45) is 13.7. The molecule has 0 spiro atoms. The molecule has 5 aromatic heterocycles. The summed E-state index contributed by atoms with van der Waals surface area (Å²) < 4.78 is 4.27. The lowest BCUT2D eigenvalue weighted by atomic mass is 9.90. The van der Waals surface area contributed by atoms with Crippen molar-refractivity contribution in [1.29, 1.82) is 0 Å². The molecular weight excluding hydrogens is 891 g/mol. The van der Waals surface area contributed by atoms with Crippen LogP contribution in [-0.2, 0) is 0 Å². The van der Waals surface area contributed by atoms with E-state index in [2.05, 4.69) is 188 Å². The fourth-order valence-corrected chi connectivity index (χ4v) is 9.91. The molecule has 0 amide bonds. The fourth-order valence-electron chi connectivity index (χ4n) is 9.91. The number of nitrogens with zero attached hydrogens (tertiary/aromatic N) is 7. The van der Waals surface area contributed by atoms with Gasteiger partial charge in [0, 0.05) is 64.4 Å². The zero-order valence-electron chi connectivity index (χ0n) is 40.7. The van der Waals surface area contributed by atoms with Crippen LogP contribution in [0.5, 0.6) is 0 Å². The van der Waals surface area contributed by atoms with Gasteiger partial charge in [-0.25, -0.2) is 9.97 Å². The van der Waals surface area contributed by atoms with Gasteiger partial charge in [-0.2, -0.15) is 0 Å². The highest BCUT2D eigenvalue weighted by atomic mass is 15.1. The van der Waals surface area contributed by atoms with Crippen molar-refractivity contribution in [2.24, 2.45) is 0 Å². The standard InChI is InChI=1S/C66H49N7/c1-44-34-62(53-23-15-22-52(37-53)49-28-26-48(27-29-49)47-16-7-4-8-17-47)69-41-59(44)58-25-14-13-24-57(58)54-38-55(65-67-30-32-72(65)63-42-70-60(35-45(63)2)50-18-9-5-10-19-50)40-56(39-54)66-68-31-33-73(66)64-43-71-61(36-46(64)3)51-20-11-6-12-21-51/h4-43H,1-3H3. The Morgan fingerprint density at radius 3 is 1.21 bits per heavy atom. The van der Waals surface area contributed by atoms with Crippen LogP contribution in [0.15, 0.2) is 244 Å². The summed E-state index contributed by atoms with van der Waals surface area (Å²) in [5, 5.41) is 0. The molecule has 73 heavy (non-hydrogen) atoms. The molecule has 0 N–H and O–H groups in total. The molecule has 12 aromatic rings. The number of benzene rings is 7. The Labute approximate surface area is 425 Å². The second-order valence-electron chi connectivity index (χ2n) is 18.4. The first-order chi connectivity index (χ1) is 35.9. The van der Waals surface area contributed by atoms with Gasteiger partial charge in [-0.05, 0) is 119 Å². The van der Waals surface area contributed by atoms with Crippen LogP contribution in [0.2, 0.25) is 0 Å². The van der Waals surface area contributed by atoms with E-state index >= 15 is 0 Å². The maximum atomic E-state index is 5.15. The Bertz CT molecular complexity index is 3780. The molecule has 0 aliphatic rings. The third kappa shape index (κ3) is 8.85. The van der Waals surface area contributed by atoms with Gasteiger partial charge in [-0.15, -0.1) is 0 Å². The highest BCUT2D eigenvalue weighted by molar-refractivity contribution is 5.89. The first-order valence-corrected chi connectivity index (χ1v) is 24.5. The largest absolute Gasteiger partial charge is 0.298 e. The van der Waals surface area contributed by atoms with E-state index in [0.29, 0.717) is 0 Å². The molecule has 5 heterocycles. The number of hydrogen-bond acceptors (Lipinski definition) is 5. The van der Waals surface area contributed by atoms with Crippen molar-refractivity contribution in [3.8, 4) is 112 Å². The molecule has 0 unspecified atom stereocenters. The van der Waals surface area contributed by atoms with Crippen LogP contribution in [0, 0.1) is 20.8 Å². The molecule has 7 nitrogen and oxygen atoms in total. The van der Waals surface area contributed by atoms with Crippen LogP contribution >= 0.6 is 0 Å². The van der Waals surface area contributed by atoms with E-state index in [1.165, 1.54) is 11.1 Å². The van der Waals surface area contributed by atoms with Crippen LogP contribution in [0.4, 0.5) is 0 Å². The second-order valence-corrected chi connectivity index (χ2v) is 18.4. The Balaban J connectivity index is 0.943. The Morgan fingerprint density at radius 1 is 0.274 bits per heavy atom. The van der Waals surface area contributed by atoms with E-state index in [4.69, 9.17) is 24.9 Å². The number of aryl methyl sites for hydroxylation is 3. The van der Waals surface area contributed by atoms with Gasteiger partial charge in [-0.1, -0.05) is 158 Å². The lowest BCUT2D eigenvalue weighted by Gasteiger charge is -2.17. The summed E-state index contributed by atoms with van der Waals surface area (Å²) in [5.74, 6) is 1.58. The maximum Gasteiger partial charge on any atom is 0.144 e. The van der Waals surface area contributed by atoms with Crippen molar-refractivity contribution < 1.29 is 0 Å². The third-order valence-corrected chi connectivity index (χ3v) is 13.7. The number of pyridine rings is 3. The molecular formula is C66H49N7. The number of hydrogen-bond donors (Lipinski definition) is 0. The average molecular weight is 940 g/mol. The van der Waals surface area contributed by atoms with Crippen molar-refractivity contribution in [1.82, 2.24) is 34.1 Å². The van der Waals surface area contributed by atoms with Gasteiger partial charge in [0.15, 0.2) is 0 Å². The quantitative estimate of drug-likeness (QED) is 0.129. The molecule has 0 bridgehead atoms. The SMILES string of the molecule is Cc1cc(-c2cccc(-c3ccc(-c4ccccc4)cc3)c2)ncc1-c1ccccc1-c1cc(-c2nccn2-c2cnc(-c3ccccc3)cc2C)cc(-c2nccn2-c2cnc(-c3ccccc3)cc2C)c1. The molecule has 348 valence electrons. The molecule has 0 aliphatic heterocycles. The smallest absolute Gasteiger partial charge is 0.144 e. The third-order valence-electron chi connectivity index (χ3n) is 13.7. The average Bonchev–Trinajstić information content (AvgIpc) is 4.15. The van der Waals surface area contributed by atoms with Gasteiger partial charge in [0.1, 0.15) is 11.6 Å². The van der Waals surface area contributed by atoms with Crippen molar-refractivity contribution >= 4 is 0 Å². The molecule has 0 saturated heterocycles. The summed E-state index contributed by atoms with van der Waals surface area (Å²) in [4.78, 5) is 25.1. The fraction of sp³-hybridized carbons (Fsp3) is 0.0455. The topological polar surface area (TPSA) is 74.3 Å². The Morgan fingerprint density at radius 2 is 0.671 bits per heavy atom.